The van der Waals surface area contributed by atoms with E-state index in [1.54, 1.807) is 6.20 Å². The highest BCUT2D eigenvalue weighted by molar-refractivity contribution is 8.02. The standard InChI is InChI=1S/C27H37N5O2S2/c1-26(2,3)36-32-11-6-22-24(32)17-20(18-28-22)29-25(34)21-5-4-19(30-35-15-14-33)16-23(21)31-12-9-27(7-8-27)10-13-31/h4-5,16-18,30,33H,6-15H2,1-3H3,(H,29,34). The van der Waals surface area contributed by atoms with E-state index in [1.165, 1.54) is 37.6 Å². The van der Waals surface area contributed by atoms with Crippen molar-refractivity contribution in [3.05, 3.63) is 41.7 Å². The van der Waals surface area contributed by atoms with E-state index in [9.17, 15) is 4.79 Å². The molecule has 2 aliphatic heterocycles. The van der Waals surface area contributed by atoms with E-state index in [4.69, 9.17) is 5.11 Å². The minimum absolute atomic E-state index is 0.106. The zero-order valence-corrected chi connectivity index (χ0v) is 23.1. The lowest BCUT2D eigenvalue weighted by molar-refractivity contribution is 0.102. The molecule has 3 aliphatic rings. The lowest BCUT2D eigenvalue weighted by atomic mass is 9.93. The number of aliphatic hydroxyl groups is 1. The van der Waals surface area contributed by atoms with Gasteiger partial charge < -0.3 is 24.4 Å². The van der Waals surface area contributed by atoms with Crippen molar-refractivity contribution in [2.75, 3.05) is 51.2 Å². The Morgan fingerprint density at radius 1 is 1.08 bits per heavy atom. The zero-order valence-electron chi connectivity index (χ0n) is 21.5. The molecule has 1 saturated heterocycles. The van der Waals surface area contributed by atoms with Gasteiger partial charge in [-0.05, 0) is 88.1 Å². The summed E-state index contributed by atoms with van der Waals surface area (Å²) in [5.74, 6) is 0.501. The van der Waals surface area contributed by atoms with Gasteiger partial charge in [0.15, 0.2) is 0 Å². The third kappa shape index (κ3) is 5.89. The number of aliphatic hydroxyl groups excluding tert-OH is 1. The van der Waals surface area contributed by atoms with Crippen LogP contribution in [0.2, 0.25) is 0 Å². The SMILES string of the molecule is CC(C)(C)SN1CCc2ncc(NC(=O)c3ccc(NSCCO)cc3N3CCC4(CC3)CC4)cc21. The first-order valence-corrected chi connectivity index (χ1v) is 14.7. The van der Waals surface area contributed by atoms with E-state index in [2.05, 4.69) is 57.1 Å². The maximum Gasteiger partial charge on any atom is 0.257 e. The molecule has 0 atom stereocenters. The van der Waals surface area contributed by atoms with Crippen molar-refractivity contribution < 1.29 is 9.90 Å². The van der Waals surface area contributed by atoms with Gasteiger partial charge in [0.25, 0.3) is 5.91 Å². The Labute approximate surface area is 223 Å². The van der Waals surface area contributed by atoms with Crippen LogP contribution < -0.4 is 19.2 Å². The topological polar surface area (TPSA) is 80.7 Å². The summed E-state index contributed by atoms with van der Waals surface area (Å²) in [4.78, 5) is 20.6. The molecule has 0 radical (unpaired) electrons. The summed E-state index contributed by atoms with van der Waals surface area (Å²) >= 11 is 3.29. The number of pyridine rings is 1. The molecule has 2 fully saturated rings. The average molecular weight is 528 g/mol. The van der Waals surface area contributed by atoms with Crippen LogP contribution in [0.15, 0.2) is 30.5 Å². The number of benzene rings is 1. The fourth-order valence-electron chi connectivity index (χ4n) is 5.04. The maximum atomic E-state index is 13.6. The second-order valence-electron chi connectivity index (χ2n) is 11.1. The molecule has 7 nitrogen and oxygen atoms in total. The number of hydrogen-bond donors (Lipinski definition) is 3. The summed E-state index contributed by atoms with van der Waals surface area (Å²) in [6.45, 7) is 9.65. The van der Waals surface area contributed by atoms with Crippen LogP contribution in [0.25, 0.3) is 0 Å². The maximum absolute atomic E-state index is 13.6. The van der Waals surface area contributed by atoms with Gasteiger partial charge in [-0.25, -0.2) is 0 Å². The molecule has 1 saturated carbocycles. The molecule has 36 heavy (non-hydrogen) atoms. The van der Waals surface area contributed by atoms with Gasteiger partial charge in [0.2, 0.25) is 0 Å². The molecule has 1 spiro atoms. The molecule has 1 aliphatic carbocycles. The summed E-state index contributed by atoms with van der Waals surface area (Å²) in [5, 5.41) is 12.2. The summed E-state index contributed by atoms with van der Waals surface area (Å²) in [7, 11) is 0. The summed E-state index contributed by atoms with van der Waals surface area (Å²) in [6, 6.07) is 7.99. The van der Waals surface area contributed by atoms with Gasteiger partial charge >= 0.3 is 0 Å². The van der Waals surface area contributed by atoms with Crippen LogP contribution in [0.4, 0.5) is 22.7 Å². The molecule has 2 aromatic rings. The van der Waals surface area contributed by atoms with Crippen molar-refractivity contribution in [1.82, 2.24) is 4.98 Å². The second kappa shape index (κ2) is 10.3. The highest BCUT2D eigenvalue weighted by Gasteiger charge is 2.44. The predicted molar refractivity (Wildman–Crippen MR) is 153 cm³/mol. The largest absolute Gasteiger partial charge is 0.395 e. The Bertz CT molecular complexity index is 1110. The van der Waals surface area contributed by atoms with Crippen LogP contribution in [0.5, 0.6) is 0 Å². The van der Waals surface area contributed by atoms with E-state index in [-0.39, 0.29) is 17.3 Å². The molecule has 1 aromatic heterocycles. The number of amides is 1. The molecule has 1 amide bonds. The van der Waals surface area contributed by atoms with Crippen LogP contribution in [-0.4, -0.2) is 52.7 Å². The van der Waals surface area contributed by atoms with Gasteiger partial charge in [0, 0.05) is 42.2 Å². The van der Waals surface area contributed by atoms with E-state index >= 15 is 0 Å². The Hall–Kier alpha value is -2.10. The summed E-state index contributed by atoms with van der Waals surface area (Å²) in [5.41, 5.74) is 6.07. The number of anilines is 4. The van der Waals surface area contributed by atoms with Crippen molar-refractivity contribution in [3.8, 4) is 0 Å². The van der Waals surface area contributed by atoms with Crippen LogP contribution >= 0.6 is 23.9 Å². The highest BCUT2D eigenvalue weighted by Crippen LogP contribution is 2.54. The molecule has 3 N–H and O–H groups in total. The second-order valence-corrected chi connectivity index (χ2v) is 13.8. The quantitative estimate of drug-likeness (QED) is 0.303. The van der Waals surface area contributed by atoms with Crippen LogP contribution in [-0.2, 0) is 6.42 Å². The van der Waals surface area contributed by atoms with Crippen LogP contribution in [0, 0.1) is 5.41 Å². The summed E-state index contributed by atoms with van der Waals surface area (Å²) in [6.07, 6.45) is 7.80. The van der Waals surface area contributed by atoms with E-state index in [0.717, 1.165) is 54.5 Å². The molecular formula is C27H37N5O2S2. The minimum Gasteiger partial charge on any atom is -0.395 e. The van der Waals surface area contributed by atoms with E-state index in [1.807, 2.05) is 24.1 Å². The molecular weight excluding hydrogens is 490 g/mol. The smallest absolute Gasteiger partial charge is 0.257 e. The number of nitrogens with zero attached hydrogens (tertiary/aromatic N) is 3. The lowest BCUT2D eigenvalue weighted by Gasteiger charge is -2.35. The number of carbonyl (C=O) groups excluding carboxylic acids is 1. The molecule has 9 heteroatoms. The Morgan fingerprint density at radius 3 is 2.53 bits per heavy atom. The predicted octanol–water partition coefficient (Wildman–Crippen LogP) is 5.58. The van der Waals surface area contributed by atoms with Crippen LogP contribution in [0.3, 0.4) is 0 Å². The van der Waals surface area contributed by atoms with Gasteiger partial charge in [-0.2, -0.15) is 0 Å². The third-order valence-corrected chi connectivity index (χ3v) is 9.07. The Balaban J connectivity index is 1.36. The number of carbonyl (C=O) groups is 1. The van der Waals surface area contributed by atoms with E-state index < -0.39 is 0 Å². The molecule has 5 rings (SSSR count). The Kier molecular flexibility index (Phi) is 7.34. The highest BCUT2D eigenvalue weighted by atomic mass is 32.2. The van der Waals surface area contributed by atoms with Gasteiger partial charge in [-0.3, -0.25) is 9.78 Å². The molecule has 194 valence electrons. The van der Waals surface area contributed by atoms with Crippen molar-refractivity contribution in [1.29, 1.82) is 0 Å². The number of piperidine rings is 1. The normalized spacial score (nSPS) is 18.3. The van der Waals surface area contributed by atoms with Crippen molar-refractivity contribution in [2.24, 2.45) is 5.41 Å². The first kappa shape index (κ1) is 25.5. The lowest BCUT2D eigenvalue weighted by Crippen LogP contribution is -2.35. The molecule has 0 unspecified atom stereocenters. The minimum atomic E-state index is -0.110. The molecule has 3 heterocycles. The average Bonchev–Trinajstić information content (AvgIpc) is 3.49. The number of fused-ring (bicyclic) bond motifs is 1. The first-order chi connectivity index (χ1) is 17.3. The first-order valence-electron chi connectivity index (χ1n) is 12.9. The molecule has 0 bridgehead atoms. The molecule has 1 aromatic carbocycles. The number of nitrogens with one attached hydrogen (secondary N) is 2. The Morgan fingerprint density at radius 2 is 1.83 bits per heavy atom. The van der Waals surface area contributed by atoms with Crippen molar-refractivity contribution >= 4 is 52.6 Å². The summed E-state index contributed by atoms with van der Waals surface area (Å²) < 4.78 is 5.71. The number of hydrogen-bond acceptors (Lipinski definition) is 8. The van der Waals surface area contributed by atoms with Gasteiger partial charge in [0.05, 0.1) is 41.1 Å². The van der Waals surface area contributed by atoms with Crippen molar-refractivity contribution in [2.45, 2.75) is 57.6 Å². The van der Waals surface area contributed by atoms with Gasteiger partial charge in [-0.15, -0.1) is 0 Å². The zero-order chi connectivity index (χ0) is 25.3. The fourth-order valence-corrected chi connectivity index (χ4v) is 6.62. The van der Waals surface area contributed by atoms with Crippen molar-refractivity contribution in [3.63, 3.8) is 0 Å². The van der Waals surface area contributed by atoms with Gasteiger partial charge in [0.1, 0.15) is 0 Å². The number of aromatic nitrogens is 1. The van der Waals surface area contributed by atoms with E-state index in [0.29, 0.717) is 16.7 Å². The monoisotopic (exact) mass is 527 g/mol. The van der Waals surface area contributed by atoms with Crippen LogP contribution in [0.1, 0.15) is 62.5 Å². The van der Waals surface area contributed by atoms with Gasteiger partial charge in [-0.1, -0.05) is 11.9 Å². The fraction of sp³-hybridized carbons (Fsp3) is 0.556. The third-order valence-electron chi connectivity index (χ3n) is 7.16. The number of rotatable bonds is 8.